The first-order valence-corrected chi connectivity index (χ1v) is 18.0. The fourth-order valence-corrected chi connectivity index (χ4v) is 7.15. The SMILES string of the molecule is CC(C)(O/N=C(\C(=O)N[C@@H]1C(=O)N2C(C(=O)O)=C(C[n+]3cc(N4CCCNC4=N)c4n3CCN4)CS[C@H]12)c1nsc(N)n1)C(=O)O.O=S(=O)([O-])O. The highest BCUT2D eigenvalue weighted by atomic mass is 32.3. The van der Waals surface area contributed by atoms with Crippen molar-refractivity contribution in [3.8, 4) is 0 Å². The third kappa shape index (κ3) is 7.98. The average molecular weight is 773 g/mol. The van der Waals surface area contributed by atoms with E-state index in [-0.39, 0.29) is 29.0 Å². The van der Waals surface area contributed by atoms with Crippen LogP contribution in [0, 0.1) is 5.41 Å². The van der Waals surface area contributed by atoms with Gasteiger partial charge in [-0.1, -0.05) is 5.16 Å². The molecule has 0 saturated carbocycles. The molecule has 23 nitrogen and oxygen atoms in total. The second-order valence-corrected chi connectivity index (χ2v) is 14.4. The molecule has 6 rings (SSSR count). The summed E-state index contributed by atoms with van der Waals surface area (Å²) in [5, 5.41) is 39.9. The standard InChI is InChI=1S/C25H30N12O7S2.H2O4S/c1-25(2,22(42)43)44-32-13(16-31-24(27)46-33-16)18(38)30-14-19(39)37-15(21(40)41)11(10-45-20(14)37)8-34-9-12(17-28-5-7-36(17)34)35-6-3-4-29-23(35)26;1-5(2,3)4/h9,14,20H,3-8,10H2,1-2H3,(H7,26,27,29,30,31,33,38,40,41,42,43);(H2,1,2,3,4)/b32-13-;/t14-,20-;/m1./s1. The van der Waals surface area contributed by atoms with E-state index >= 15 is 0 Å². The van der Waals surface area contributed by atoms with E-state index in [1.165, 1.54) is 25.6 Å². The van der Waals surface area contributed by atoms with E-state index in [1.54, 1.807) is 0 Å². The van der Waals surface area contributed by atoms with Crippen LogP contribution in [0.3, 0.4) is 0 Å². The Morgan fingerprint density at radius 2 is 1.98 bits per heavy atom. The Morgan fingerprint density at radius 1 is 1.27 bits per heavy atom. The number of amides is 2. The van der Waals surface area contributed by atoms with Crippen molar-refractivity contribution in [1.29, 1.82) is 5.41 Å². The third-order valence-electron chi connectivity index (χ3n) is 7.75. The number of fused-ring (bicyclic) bond motifs is 2. The number of carbonyl (C=O) groups excluding carboxylic acids is 2. The number of nitrogens with two attached hydrogens (primary N) is 1. The van der Waals surface area contributed by atoms with E-state index in [9.17, 15) is 29.4 Å². The molecule has 9 N–H and O–H groups in total. The normalized spacial score (nSPS) is 20.3. The van der Waals surface area contributed by atoms with Gasteiger partial charge in [-0.05, 0) is 20.3 Å². The molecule has 51 heavy (non-hydrogen) atoms. The summed E-state index contributed by atoms with van der Waals surface area (Å²) in [7, 11) is -4.92. The fourth-order valence-electron chi connectivity index (χ4n) is 5.38. The molecular formula is C25H32N12O11S3. The molecule has 2 aromatic rings. The molecule has 4 aliphatic rings. The zero-order valence-electron chi connectivity index (χ0n) is 26.7. The van der Waals surface area contributed by atoms with Crippen molar-refractivity contribution in [1.82, 2.24) is 29.6 Å². The van der Waals surface area contributed by atoms with Crippen LogP contribution < -0.4 is 31.3 Å². The number of carbonyl (C=O) groups is 4. The monoisotopic (exact) mass is 772 g/mol. The van der Waals surface area contributed by atoms with Gasteiger partial charge in [0, 0.05) is 42.5 Å². The van der Waals surface area contributed by atoms with Crippen molar-refractivity contribution in [2.75, 3.05) is 41.3 Å². The number of nitrogen functional groups attached to an aromatic ring is 1. The van der Waals surface area contributed by atoms with Crippen LogP contribution >= 0.6 is 23.3 Å². The quantitative estimate of drug-likeness (QED) is 0.0306. The Labute approximate surface area is 296 Å². The Balaban J connectivity index is 0.000000943. The van der Waals surface area contributed by atoms with Crippen LogP contribution in [0.15, 0.2) is 22.6 Å². The minimum atomic E-state index is -4.92. The van der Waals surface area contributed by atoms with E-state index < -0.39 is 56.9 Å². The van der Waals surface area contributed by atoms with Crippen LogP contribution in [0.4, 0.5) is 16.6 Å². The van der Waals surface area contributed by atoms with Crippen molar-refractivity contribution in [3.63, 3.8) is 0 Å². The maximum absolute atomic E-state index is 13.4. The molecule has 2 atom stereocenters. The molecule has 0 spiro atoms. The number of thioether (sulfide) groups is 1. The van der Waals surface area contributed by atoms with Gasteiger partial charge in [-0.15, -0.1) is 21.1 Å². The van der Waals surface area contributed by atoms with Gasteiger partial charge in [-0.25, -0.2) is 18.0 Å². The van der Waals surface area contributed by atoms with Crippen LogP contribution in [0.2, 0.25) is 0 Å². The summed E-state index contributed by atoms with van der Waals surface area (Å²) in [6, 6.07) is -1.11. The largest absolute Gasteiger partial charge is 0.726 e. The summed E-state index contributed by atoms with van der Waals surface area (Å²) in [6.45, 7) is 5.36. The molecule has 0 aromatic carbocycles. The molecule has 2 amide bonds. The Kier molecular flexibility index (Phi) is 10.4. The van der Waals surface area contributed by atoms with Crippen LogP contribution in [-0.4, -0.2) is 125 Å². The van der Waals surface area contributed by atoms with Gasteiger partial charge in [0.2, 0.25) is 33.7 Å². The topological polar surface area (TPSA) is 335 Å². The van der Waals surface area contributed by atoms with E-state index in [2.05, 4.69) is 30.5 Å². The van der Waals surface area contributed by atoms with E-state index in [1.807, 2.05) is 20.5 Å². The third-order valence-corrected chi connectivity index (χ3v) is 9.63. The number of carboxylic acid groups (broad SMARTS) is 2. The number of carboxylic acids is 2. The maximum Gasteiger partial charge on any atom is 0.352 e. The maximum atomic E-state index is 13.4. The zero-order chi connectivity index (χ0) is 37.4. The summed E-state index contributed by atoms with van der Waals surface area (Å²) in [5.41, 5.74) is 4.53. The van der Waals surface area contributed by atoms with Gasteiger partial charge in [0.25, 0.3) is 11.8 Å². The zero-order valence-corrected chi connectivity index (χ0v) is 29.2. The predicted octanol–water partition coefficient (Wildman–Crippen LogP) is -2.60. The van der Waals surface area contributed by atoms with Crippen molar-refractivity contribution in [2.45, 2.75) is 50.4 Å². The minimum Gasteiger partial charge on any atom is -0.726 e. The molecule has 276 valence electrons. The van der Waals surface area contributed by atoms with Gasteiger partial charge in [0.1, 0.15) is 17.1 Å². The number of guanidine groups is 1. The van der Waals surface area contributed by atoms with Gasteiger partial charge in [0.15, 0.2) is 29.1 Å². The number of nitrogens with zero attached hydrogens (tertiary/aromatic N) is 7. The Hall–Kier alpha value is -5.05. The molecule has 2 fully saturated rings. The van der Waals surface area contributed by atoms with Gasteiger partial charge in [0.05, 0.1) is 6.54 Å². The minimum absolute atomic E-state index is 0.0192. The number of anilines is 3. The smallest absolute Gasteiger partial charge is 0.352 e. The average Bonchev–Trinajstić information content (AvgIpc) is 3.77. The van der Waals surface area contributed by atoms with Gasteiger partial charge in [-0.3, -0.25) is 24.5 Å². The first-order chi connectivity index (χ1) is 23.9. The molecule has 6 heterocycles. The number of oxime groups is 1. The number of rotatable bonds is 10. The molecule has 0 unspecified atom stereocenters. The summed E-state index contributed by atoms with van der Waals surface area (Å²) in [4.78, 5) is 62.8. The lowest BCUT2D eigenvalue weighted by atomic mass is 10.0. The van der Waals surface area contributed by atoms with Crippen LogP contribution in [0.5, 0.6) is 0 Å². The highest BCUT2D eigenvalue weighted by Crippen LogP contribution is 2.41. The summed E-state index contributed by atoms with van der Waals surface area (Å²) in [6.07, 6.45) is 2.74. The summed E-state index contributed by atoms with van der Waals surface area (Å²) < 4.78 is 40.7. The molecule has 0 bridgehead atoms. The van der Waals surface area contributed by atoms with Crippen molar-refractivity contribution < 1.29 is 56.4 Å². The number of hydrogen-bond donors (Lipinski definition) is 8. The first-order valence-electron chi connectivity index (χ1n) is 14.8. The second-order valence-electron chi connectivity index (χ2n) is 11.6. The van der Waals surface area contributed by atoms with Gasteiger partial charge < -0.3 is 46.2 Å². The molecule has 0 aliphatic carbocycles. The van der Waals surface area contributed by atoms with Gasteiger partial charge in [-0.2, -0.15) is 9.36 Å². The molecule has 2 aromatic heterocycles. The van der Waals surface area contributed by atoms with Crippen LogP contribution in [0.25, 0.3) is 0 Å². The lowest BCUT2D eigenvalue weighted by Gasteiger charge is -2.49. The molecule has 0 radical (unpaired) electrons. The van der Waals surface area contributed by atoms with Crippen LogP contribution in [0.1, 0.15) is 26.1 Å². The van der Waals surface area contributed by atoms with E-state index in [0.29, 0.717) is 31.2 Å². The van der Waals surface area contributed by atoms with Gasteiger partial charge >= 0.3 is 11.9 Å². The van der Waals surface area contributed by atoms with E-state index in [0.717, 1.165) is 40.9 Å². The number of nitrogens with one attached hydrogen (secondary N) is 4. The lowest BCUT2D eigenvalue weighted by Crippen LogP contribution is -2.71. The van der Waals surface area contributed by atoms with Crippen molar-refractivity contribution >= 4 is 85.8 Å². The lowest BCUT2D eigenvalue weighted by molar-refractivity contribution is -0.766. The molecular weight excluding hydrogens is 741 g/mol. The number of β-lactam (4-membered cyclic amide) rings is 1. The molecule has 2 saturated heterocycles. The summed E-state index contributed by atoms with van der Waals surface area (Å²) >= 11 is 2.07. The van der Waals surface area contributed by atoms with Crippen molar-refractivity contribution in [3.05, 3.63) is 23.3 Å². The highest BCUT2D eigenvalue weighted by molar-refractivity contribution is 8.00. The number of aliphatic carboxylic acids is 2. The highest BCUT2D eigenvalue weighted by Gasteiger charge is 2.55. The van der Waals surface area contributed by atoms with Crippen LogP contribution in [-0.2, 0) is 47.5 Å². The number of hydrogen-bond acceptors (Lipinski definition) is 16. The molecule has 26 heteroatoms. The Bertz CT molecular complexity index is 1950. The fraction of sp³-hybridized carbons (Fsp3) is 0.480. The first kappa shape index (κ1) is 37.2. The van der Waals surface area contributed by atoms with Crippen molar-refractivity contribution in [2.24, 2.45) is 5.16 Å². The predicted molar refractivity (Wildman–Crippen MR) is 176 cm³/mol. The number of aromatic nitrogens is 4. The van der Waals surface area contributed by atoms with E-state index in [4.69, 9.17) is 33.5 Å². The second kappa shape index (κ2) is 14.3. The summed E-state index contributed by atoms with van der Waals surface area (Å²) in [5.74, 6) is -3.02. The Morgan fingerprint density at radius 3 is 2.59 bits per heavy atom. The molecule has 4 aliphatic heterocycles.